The van der Waals surface area contributed by atoms with Gasteiger partial charge in [0.25, 0.3) is 0 Å². The summed E-state index contributed by atoms with van der Waals surface area (Å²) in [4.78, 5) is 40.4. The number of fused-ring (bicyclic) bond motifs is 1. The van der Waals surface area contributed by atoms with Gasteiger partial charge in [-0.1, -0.05) is 23.2 Å². The second-order valence-electron chi connectivity index (χ2n) is 8.41. The zero-order valence-corrected chi connectivity index (χ0v) is 21.3. The monoisotopic (exact) mass is 547 g/mol. The van der Waals surface area contributed by atoms with Crippen LogP contribution in [0, 0.1) is 0 Å². The summed E-state index contributed by atoms with van der Waals surface area (Å²) >= 11 is 16.0. The highest BCUT2D eigenvalue weighted by molar-refractivity contribution is 9.10. The van der Waals surface area contributed by atoms with Gasteiger partial charge in [0.15, 0.2) is 5.78 Å². The van der Waals surface area contributed by atoms with Gasteiger partial charge in [-0.25, -0.2) is 14.3 Å². The van der Waals surface area contributed by atoms with E-state index in [4.69, 9.17) is 32.7 Å². The number of hydrogen-bond donors (Lipinski definition) is 0. The summed E-state index contributed by atoms with van der Waals surface area (Å²) in [5.41, 5.74) is -0.377. The Morgan fingerprint density at radius 3 is 2.62 bits per heavy atom. The molecular weight excluding hydrogens is 525 g/mol. The molecule has 174 valence electrons. The number of likely N-dealkylation sites (tertiary alicyclic amines) is 1. The van der Waals surface area contributed by atoms with Crippen LogP contribution in [-0.4, -0.2) is 57.3 Å². The third-order valence-corrected chi connectivity index (χ3v) is 6.46. The summed E-state index contributed by atoms with van der Waals surface area (Å²) in [6, 6.07) is -0.633. The number of amides is 1. The predicted molar refractivity (Wildman–Crippen MR) is 124 cm³/mol. The molecule has 0 N–H and O–H groups in total. The van der Waals surface area contributed by atoms with E-state index in [1.54, 1.807) is 33.8 Å². The highest BCUT2D eigenvalue weighted by Crippen LogP contribution is 2.36. The van der Waals surface area contributed by atoms with Crippen molar-refractivity contribution in [2.75, 3.05) is 13.2 Å². The number of ether oxygens (including phenoxy) is 2. The van der Waals surface area contributed by atoms with Gasteiger partial charge in [-0.05, 0) is 62.5 Å². The van der Waals surface area contributed by atoms with Crippen LogP contribution in [0.2, 0.25) is 10.0 Å². The van der Waals surface area contributed by atoms with E-state index in [1.807, 2.05) is 0 Å². The molecule has 1 amide bonds. The van der Waals surface area contributed by atoms with Gasteiger partial charge in [0.05, 0.1) is 22.7 Å². The van der Waals surface area contributed by atoms with Gasteiger partial charge in [-0.2, -0.15) is 5.10 Å². The highest BCUT2D eigenvalue weighted by Gasteiger charge is 2.43. The Morgan fingerprint density at radius 2 is 2.00 bits per heavy atom. The van der Waals surface area contributed by atoms with Crippen LogP contribution in [0.1, 0.15) is 46.6 Å². The maximum Gasteiger partial charge on any atom is 0.410 e. The fourth-order valence-electron chi connectivity index (χ4n) is 3.59. The number of rotatable bonds is 5. The molecule has 1 aliphatic rings. The molecule has 0 spiro atoms. The molecule has 0 saturated carbocycles. The highest BCUT2D eigenvalue weighted by atomic mass is 79.9. The van der Waals surface area contributed by atoms with Crippen molar-refractivity contribution in [3.8, 4) is 0 Å². The van der Waals surface area contributed by atoms with E-state index < -0.39 is 35.5 Å². The quantitative estimate of drug-likeness (QED) is 0.290. The van der Waals surface area contributed by atoms with E-state index in [0.717, 1.165) is 0 Å². The lowest BCUT2D eigenvalue weighted by Crippen LogP contribution is -2.47. The van der Waals surface area contributed by atoms with Crippen molar-refractivity contribution in [3.05, 3.63) is 26.8 Å². The van der Waals surface area contributed by atoms with Crippen molar-refractivity contribution < 1.29 is 23.9 Å². The Labute approximate surface area is 204 Å². The van der Waals surface area contributed by atoms with Gasteiger partial charge in [0.1, 0.15) is 11.1 Å². The van der Waals surface area contributed by atoms with E-state index >= 15 is 0 Å². The van der Waals surface area contributed by atoms with E-state index in [1.165, 1.54) is 15.8 Å². The zero-order chi connectivity index (χ0) is 23.8. The Balaban J connectivity index is 2.01. The number of ketones is 1. The minimum atomic E-state index is -1.40. The van der Waals surface area contributed by atoms with Crippen LogP contribution < -0.4 is 0 Å². The summed E-state index contributed by atoms with van der Waals surface area (Å²) in [6.45, 7) is 7.33. The first-order valence-corrected chi connectivity index (χ1v) is 11.7. The molecule has 8 nitrogen and oxygen atoms in total. The fourth-order valence-corrected chi connectivity index (χ4v) is 4.58. The largest absolute Gasteiger partial charge is 0.464 e. The predicted octanol–water partition coefficient (Wildman–Crippen LogP) is 5.18. The van der Waals surface area contributed by atoms with Crippen LogP contribution in [0.15, 0.2) is 16.7 Å². The van der Waals surface area contributed by atoms with Crippen molar-refractivity contribution >= 4 is 67.9 Å². The Hall–Kier alpha value is -1.84. The number of benzene rings is 1. The van der Waals surface area contributed by atoms with Crippen LogP contribution in [0.5, 0.6) is 0 Å². The molecule has 32 heavy (non-hydrogen) atoms. The Morgan fingerprint density at radius 1 is 1.31 bits per heavy atom. The number of Topliss-reactive ketones (excluding diaryl/α,β-unsaturated/α-hetero) is 1. The lowest BCUT2D eigenvalue weighted by atomic mass is 10.0. The van der Waals surface area contributed by atoms with Gasteiger partial charge in [0.2, 0.25) is 6.04 Å². The standard InChI is InChI=1S/C21H24BrCl2N3O5/c1-5-31-19(29)17(27-10-11-13(23)9-12(22)15(24)16(11)25-27)18(28)14-7-6-8-26(14)20(30)32-21(2,3)4/h9-10,14,17H,5-8H2,1-4H3/t14-,17-/m0/s1. The van der Waals surface area contributed by atoms with Crippen molar-refractivity contribution in [2.45, 2.75) is 58.2 Å². The first kappa shape index (κ1) is 24.8. The fraction of sp³-hybridized carbons (Fsp3) is 0.524. The molecule has 1 fully saturated rings. The molecule has 3 rings (SSSR count). The summed E-state index contributed by atoms with van der Waals surface area (Å²) in [5, 5.41) is 5.51. The number of nitrogens with zero attached hydrogens (tertiary/aromatic N) is 3. The summed E-state index contributed by atoms with van der Waals surface area (Å²) in [6.07, 6.45) is 1.90. The maximum absolute atomic E-state index is 13.6. The topological polar surface area (TPSA) is 90.7 Å². The number of carbonyl (C=O) groups is 3. The lowest BCUT2D eigenvalue weighted by molar-refractivity contribution is -0.152. The number of aromatic nitrogens is 2. The van der Waals surface area contributed by atoms with Crippen molar-refractivity contribution in [1.29, 1.82) is 0 Å². The Kier molecular flexibility index (Phi) is 7.41. The van der Waals surface area contributed by atoms with Crippen molar-refractivity contribution in [1.82, 2.24) is 14.7 Å². The molecule has 1 aliphatic heterocycles. The molecule has 1 aromatic heterocycles. The SMILES string of the molecule is CCOC(=O)[C@H](C(=O)[C@@H]1CCCN1C(=O)OC(C)(C)C)n1cc2c(Cl)cc(Br)c(Cl)c2n1. The van der Waals surface area contributed by atoms with Crippen molar-refractivity contribution in [3.63, 3.8) is 0 Å². The maximum atomic E-state index is 13.6. The lowest BCUT2D eigenvalue weighted by Gasteiger charge is -2.29. The van der Waals surface area contributed by atoms with Crippen molar-refractivity contribution in [2.24, 2.45) is 0 Å². The van der Waals surface area contributed by atoms with Crippen LogP contribution in [0.3, 0.4) is 0 Å². The van der Waals surface area contributed by atoms with Crippen LogP contribution in [0.4, 0.5) is 4.79 Å². The minimum absolute atomic E-state index is 0.0803. The first-order valence-electron chi connectivity index (χ1n) is 10.2. The van der Waals surface area contributed by atoms with Crippen LogP contribution in [-0.2, 0) is 19.1 Å². The number of carbonyl (C=O) groups excluding carboxylic acids is 3. The summed E-state index contributed by atoms with van der Waals surface area (Å²) in [5.74, 6) is -1.28. The average molecular weight is 549 g/mol. The van der Waals surface area contributed by atoms with E-state index in [-0.39, 0.29) is 6.61 Å². The summed E-state index contributed by atoms with van der Waals surface area (Å²) in [7, 11) is 0. The van der Waals surface area contributed by atoms with Gasteiger partial charge in [0, 0.05) is 22.6 Å². The van der Waals surface area contributed by atoms with Crippen LogP contribution in [0.25, 0.3) is 10.9 Å². The van der Waals surface area contributed by atoms with Crippen LogP contribution >= 0.6 is 39.1 Å². The smallest absolute Gasteiger partial charge is 0.410 e. The molecule has 0 bridgehead atoms. The number of esters is 1. The average Bonchev–Trinajstić information content (AvgIpc) is 3.33. The molecule has 1 aromatic carbocycles. The van der Waals surface area contributed by atoms with E-state index in [2.05, 4.69) is 21.0 Å². The number of halogens is 3. The first-order chi connectivity index (χ1) is 14.9. The van der Waals surface area contributed by atoms with Gasteiger partial charge >= 0.3 is 12.1 Å². The minimum Gasteiger partial charge on any atom is -0.464 e. The molecule has 1 saturated heterocycles. The third-order valence-electron chi connectivity index (χ3n) is 4.91. The van der Waals surface area contributed by atoms with Gasteiger partial charge in [-0.15, -0.1) is 0 Å². The molecule has 2 aromatic rings. The molecule has 0 radical (unpaired) electrons. The second-order valence-corrected chi connectivity index (χ2v) is 10.1. The zero-order valence-electron chi connectivity index (χ0n) is 18.2. The summed E-state index contributed by atoms with van der Waals surface area (Å²) < 4.78 is 12.4. The van der Waals surface area contributed by atoms with Gasteiger partial charge < -0.3 is 9.47 Å². The molecular formula is C21H24BrCl2N3O5. The van der Waals surface area contributed by atoms with E-state index in [9.17, 15) is 14.4 Å². The number of hydrogen-bond acceptors (Lipinski definition) is 6. The molecule has 0 aliphatic carbocycles. The van der Waals surface area contributed by atoms with E-state index in [0.29, 0.717) is 44.8 Å². The molecule has 11 heteroatoms. The normalized spacial score (nSPS) is 17.5. The second kappa shape index (κ2) is 9.57. The van der Waals surface area contributed by atoms with Gasteiger partial charge in [-0.3, -0.25) is 9.69 Å². The Bertz CT molecular complexity index is 1070. The molecule has 2 heterocycles. The third kappa shape index (κ3) is 5.05. The molecule has 0 unspecified atom stereocenters. The molecule has 2 atom stereocenters.